The molecule has 0 saturated heterocycles. The molecule has 0 bridgehead atoms. The zero-order valence-electron chi connectivity index (χ0n) is 14.2. The zero-order valence-corrected chi connectivity index (χ0v) is 15.0. The zero-order chi connectivity index (χ0) is 18.7. The molecule has 0 amide bonds. The van der Waals surface area contributed by atoms with Gasteiger partial charge in [-0.15, -0.1) is 10.2 Å². The van der Waals surface area contributed by atoms with Gasteiger partial charge in [-0.05, 0) is 49.6 Å². The average Bonchev–Trinajstić information content (AvgIpc) is 3.09. The van der Waals surface area contributed by atoms with E-state index in [4.69, 9.17) is 4.74 Å². The molecule has 3 rings (SSSR count). The normalized spacial score (nSPS) is 14.3. The second-order valence-electron chi connectivity index (χ2n) is 5.73. The number of phenols is 1. The summed E-state index contributed by atoms with van der Waals surface area (Å²) >= 11 is 0.997. The molecule has 2 aromatic rings. The minimum atomic E-state index is -0.732. The van der Waals surface area contributed by atoms with Gasteiger partial charge in [0.05, 0.1) is 11.9 Å². The molecular weight excluding hydrogens is 357 g/mol. The second-order valence-corrected chi connectivity index (χ2v) is 6.74. The molecule has 0 radical (unpaired) electrons. The van der Waals surface area contributed by atoms with Crippen molar-refractivity contribution in [2.45, 2.75) is 26.7 Å². The van der Waals surface area contributed by atoms with Crippen molar-refractivity contribution in [2.75, 3.05) is 0 Å². The summed E-state index contributed by atoms with van der Waals surface area (Å²) in [6.07, 6.45) is 5.40. The third kappa shape index (κ3) is 4.02. The topological polar surface area (TPSA) is 84.1 Å². The summed E-state index contributed by atoms with van der Waals surface area (Å²) < 4.78 is 18.7. The Kier molecular flexibility index (Phi) is 5.22. The predicted octanol–water partition coefficient (Wildman–Crippen LogP) is 5.57. The number of halogens is 1. The van der Waals surface area contributed by atoms with Gasteiger partial charge in [0.25, 0.3) is 0 Å². The van der Waals surface area contributed by atoms with Gasteiger partial charge in [-0.1, -0.05) is 17.4 Å². The van der Waals surface area contributed by atoms with Gasteiger partial charge in [-0.2, -0.15) is 0 Å². The maximum absolute atomic E-state index is 13.6. The first kappa shape index (κ1) is 17.9. The van der Waals surface area contributed by atoms with Crippen LogP contribution in [-0.2, 0) is 4.74 Å². The van der Waals surface area contributed by atoms with Gasteiger partial charge in [-0.25, -0.2) is 14.2 Å². The second kappa shape index (κ2) is 7.57. The Morgan fingerprint density at radius 2 is 2.04 bits per heavy atom. The van der Waals surface area contributed by atoms with E-state index in [2.05, 4.69) is 15.2 Å². The third-order valence-corrected chi connectivity index (χ3v) is 4.54. The van der Waals surface area contributed by atoms with Crippen molar-refractivity contribution in [2.24, 2.45) is 10.2 Å². The monoisotopic (exact) mass is 373 g/mol. The number of rotatable bonds is 4. The maximum atomic E-state index is 13.6. The molecule has 1 aromatic heterocycles. The van der Waals surface area contributed by atoms with Gasteiger partial charge < -0.3 is 9.84 Å². The highest BCUT2D eigenvalue weighted by Gasteiger charge is 2.18. The van der Waals surface area contributed by atoms with Gasteiger partial charge >= 0.3 is 5.97 Å². The van der Waals surface area contributed by atoms with Crippen LogP contribution in [0.5, 0.6) is 5.75 Å². The van der Waals surface area contributed by atoms with Crippen molar-refractivity contribution in [1.29, 1.82) is 0 Å². The highest BCUT2D eigenvalue weighted by molar-refractivity contribution is 7.17. The standard InChI is InChI=1S/C18H16FN3O3S/c1-10-7-12(8-11(2)16(10)23)21-22-15-9-20-17(26-15)18(24)25-14-6-4-3-5-13(14)19/h4,6-9,23H,3,5H2,1-2H3. The first-order valence-electron chi connectivity index (χ1n) is 7.89. The number of nitrogens with zero attached hydrogens (tertiary/aromatic N) is 3. The number of aromatic nitrogens is 1. The number of aromatic hydroxyl groups is 1. The molecule has 0 atom stereocenters. The number of carbonyl (C=O) groups is 1. The van der Waals surface area contributed by atoms with Crippen LogP contribution in [-0.4, -0.2) is 16.1 Å². The van der Waals surface area contributed by atoms with Crippen LogP contribution in [0.1, 0.15) is 33.8 Å². The van der Waals surface area contributed by atoms with Crippen LogP contribution in [0.3, 0.4) is 0 Å². The van der Waals surface area contributed by atoms with Gasteiger partial charge in [0, 0.05) is 6.42 Å². The van der Waals surface area contributed by atoms with Crippen LogP contribution in [0.2, 0.25) is 0 Å². The molecule has 134 valence electrons. The van der Waals surface area contributed by atoms with E-state index >= 15 is 0 Å². The average molecular weight is 373 g/mol. The Morgan fingerprint density at radius 1 is 1.31 bits per heavy atom. The van der Waals surface area contributed by atoms with Crippen molar-refractivity contribution in [3.8, 4) is 5.75 Å². The molecule has 1 aromatic carbocycles. The molecule has 0 fully saturated rings. The largest absolute Gasteiger partial charge is 0.507 e. The Morgan fingerprint density at radius 3 is 2.73 bits per heavy atom. The quantitative estimate of drug-likeness (QED) is 0.561. The Hall–Kier alpha value is -2.87. The van der Waals surface area contributed by atoms with Crippen LogP contribution >= 0.6 is 11.3 Å². The van der Waals surface area contributed by atoms with Crippen LogP contribution in [0.15, 0.2) is 52.3 Å². The molecule has 26 heavy (non-hydrogen) atoms. The van der Waals surface area contributed by atoms with E-state index < -0.39 is 11.8 Å². The minimum absolute atomic E-state index is 0.0660. The first-order valence-corrected chi connectivity index (χ1v) is 8.71. The molecule has 0 aliphatic heterocycles. The smallest absolute Gasteiger partial charge is 0.372 e. The first-order chi connectivity index (χ1) is 12.4. The summed E-state index contributed by atoms with van der Waals surface area (Å²) in [6.45, 7) is 3.55. The van der Waals surface area contributed by atoms with Gasteiger partial charge in [0.15, 0.2) is 10.8 Å². The minimum Gasteiger partial charge on any atom is -0.507 e. The molecule has 1 aliphatic rings. The van der Waals surface area contributed by atoms with E-state index in [9.17, 15) is 14.3 Å². The van der Waals surface area contributed by atoms with E-state index in [-0.39, 0.29) is 22.9 Å². The lowest BCUT2D eigenvalue weighted by Gasteiger charge is -2.08. The Balaban J connectivity index is 1.72. The maximum Gasteiger partial charge on any atom is 0.372 e. The number of phenolic OH excluding ortho intramolecular Hbond substituents is 1. The van der Waals surface area contributed by atoms with E-state index in [0.29, 0.717) is 28.2 Å². The van der Waals surface area contributed by atoms with E-state index in [1.165, 1.54) is 12.3 Å². The number of hydrogen-bond acceptors (Lipinski definition) is 7. The van der Waals surface area contributed by atoms with Crippen molar-refractivity contribution < 1.29 is 19.0 Å². The lowest BCUT2D eigenvalue weighted by atomic mass is 10.1. The molecule has 6 nitrogen and oxygen atoms in total. The highest BCUT2D eigenvalue weighted by atomic mass is 32.1. The fourth-order valence-corrected chi connectivity index (χ4v) is 2.97. The summed E-state index contributed by atoms with van der Waals surface area (Å²) in [6, 6.07) is 3.40. The molecule has 1 heterocycles. The van der Waals surface area contributed by atoms with Crippen LogP contribution in [0, 0.1) is 13.8 Å². The Labute approximate surface area is 153 Å². The molecular formula is C18H16FN3O3S. The number of thiazole rings is 1. The number of azo groups is 1. The Bertz CT molecular complexity index is 924. The molecule has 0 unspecified atom stereocenters. The summed E-state index contributed by atoms with van der Waals surface area (Å²) in [5, 5.41) is 18.4. The molecule has 0 saturated carbocycles. The number of benzene rings is 1. The summed E-state index contributed by atoms with van der Waals surface area (Å²) in [4.78, 5) is 16.0. The molecule has 1 aliphatic carbocycles. The lowest BCUT2D eigenvalue weighted by molar-refractivity contribution is 0.0625. The summed E-state index contributed by atoms with van der Waals surface area (Å²) in [5.74, 6) is -1.03. The number of carbonyl (C=O) groups excluding carboxylic acids is 1. The van der Waals surface area contributed by atoms with Crippen LogP contribution in [0.4, 0.5) is 15.1 Å². The van der Waals surface area contributed by atoms with E-state index in [0.717, 1.165) is 11.3 Å². The fourth-order valence-electron chi connectivity index (χ4n) is 2.35. The van der Waals surface area contributed by atoms with Gasteiger partial charge in [-0.3, -0.25) is 0 Å². The molecule has 0 spiro atoms. The number of aryl methyl sites for hydroxylation is 2. The van der Waals surface area contributed by atoms with Crippen molar-refractivity contribution >= 4 is 28.0 Å². The summed E-state index contributed by atoms with van der Waals surface area (Å²) in [7, 11) is 0. The lowest BCUT2D eigenvalue weighted by Crippen LogP contribution is -2.06. The molecule has 1 N–H and O–H groups in total. The molecule has 8 heteroatoms. The van der Waals surface area contributed by atoms with E-state index in [1.54, 1.807) is 32.1 Å². The number of ether oxygens (including phenoxy) is 1. The van der Waals surface area contributed by atoms with Crippen LogP contribution < -0.4 is 0 Å². The van der Waals surface area contributed by atoms with E-state index in [1.807, 2.05) is 0 Å². The van der Waals surface area contributed by atoms with Crippen molar-refractivity contribution in [3.63, 3.8) is 0 Å². The van der Waals surface area contributed by atoms with Crippen LogP contribution in [0.25, 0.3) is 0 Å². The number of allylic oxidation sites excluding steroid dienone is 3. The fraction of sp³-hybridized carbons (Fsp3) is 0.222. The SMILES string of the molecule is Cc1cc(N=Nc2cnc(C(=O)OC3=C(F)CCC=C3)s2)cc(C)c1O. The van der Waals surface area contributed by atoms with Crippen molar-refractivity contribution in [3.05, 3.63) is 58.2 Å². The third-order valence-electron chi connectivity index (χ3n) is 3.68. The number of esters is 1. The number of hydrogen-bond donors (Lipinski definition) is 1. The predicted molar refractivity (Wildman–Crippen MR) is 95.8 cm³/mol. The highest BCUT2D eigenvalue weighted by Crippen LogP contribution is 2.30. The van der Waals surface area contributed by atoms with Crippen molar-refractivity contribution in [1.82, 2.24) is 4.98 Å². The summed E-state index contributed by atoms with van der Waals surface area (Å²) in [5.41, 5.74) is 1.97. The van der Waals surface area contributed by atoms with Gasteiger partial charge in [0.1, 0.15) is 11.6 Å². The van der Waals surface area contributed by atoms with Gasteiger partial charge in [0.2, 0.25) is 5.01 Å².